The molecule has 2 rings (SSSR count). The van der Waals surface area contributed by atoms with E-state index in [1.54, 1.807) is 23.9 Å². The Morgan fingerprint density at radius 2 is 1.74 bits per heavy atom. The zero-order chi connectivity index (χ0) is 13.7. The van der Waals surface area contributed by atoms with Crippen molar-refractivity contribution in [2.75, 3.05) is 5.75 Å². The lowest BCUT2D eigenvalue weighted by molar-refractivity contribution is 0.204. The second kappa shape index (κ2) is 7.15. The van der Waals surface area contributed by atoms with Crippen molar-refractivity contribution in [1.82, 2.24) is 4.98 Å². The van der Waals surface area contributed by atoms with Gasteiger partial charge < -0.3 is 5.11 Å². The van der Waals surface area contributed by atoms with Crippen LogP contribution < -0.4 is 0 Å². The Morgan fingerprint density at radius 1 is 1.11 bits per heavy atom. The van der Waals surface area contributed by atoms with Crippen LogP contribution in [-0.2, 0) is 5.75 Å². The minimum atomic E-state index is -0.459. The molecule has 5 heteroatoms. The number of nitrogens with zero attached hydrogens (tertiary/aromatic N) is 1. The second-order valence-corrected chi connectivity index (χ2v) is 5.87. The summed E-state index contributed by atoms with van der Waals surface area (Å²) in [6.45, 7) is 0. The summed E-state index contributed by atoms with van der Waals surface area (Å²) in [6.07, 6.45) is -0.459. The summed E-state index contributed by atoms with van der Waals surface area (Å²) in [5, 5.41) is 10.8. The van der Waals surface area contributed by atoms with Crippen LogP contribution in [0.3, 0.4) is 0 Å². The highest BCUT2D eigenvalue weighted by Crippen LogP contribution is 2.23. The van der Waals surface area contributed by atoms with Crippen LogP contribution in [0, 0.1) is 0 Å². The molecule has 0 spiro atoms. The van der Waals surface area contributed by atoms with E-state index in [0.29, 0.717) is 16.1 Å². The van der Waals surface area contributed by atoms with Gasteiger partial charge in [-0.15, -0.1) is 0 Å². The van der Waals surface area contributed by atoms with Gasteiger partial charge in [-0.2, -0.15) is 11.8 Å². The zero-order valence-corrected chi connectivity index (χ0v) is 12.4. The molecule has 2 nitrogen and oxygen atoms in total. The van der Waals surface area contributed by atoms with Gasteiger partial charge in [0.15, 0.2) is 0 Å². The van der Waals surface area contributed by atoms with Gasteiger partial charge in [0, 0.05) is 11.5 Å². The minimum absolute atomic E-state index is 0.395. The summed E-state index contributed by atoms with van der Waals surface area (Å²) in [7, 11) is 0. The molecule has 1 atom stereocenters. The van der Waals surface area contributed by atoms with Gasteiger partial charge >= 0.3 is 0 Å². The first-order chi connectivity index (χ1) is 9.15. The second-order valence-electron chi connectivity index (χ2n) is 4.06. The molecule has 100 valence electrons. The van der Waals surface area contributed by atoms with Crippen molar-refractivity contribution in [1.29, 1.82) is 0 Å². The minimum Gasteiger partial charge on any atom is -0.388 e. The molecule has 0 radical (unpaired) electrons. The van der Waals surface area contributed by atoms with Crippen LogP contribution in [-0.4, -0.2) is 15.8 Å². The number of aliphatic hydroxyl groups is 1. The summed E-state index contributed by atoms with van der Waals surface area (Å²) in [6, 6.07) is 13.2. The average molecular weight is 314 g/mol. The van der Waals surface area contributed by atoms with Gasteiger partial charge in [-0.3, -0.25) is 0 Å². The molecule has 0 bridgehead atoms. The van der Waals surface area contributed by atoms with Crippen molar-refractivity contribution in [3.8, 4) is 0 Å². The molecule has 0 aliphatic heterocycles. The highest BCUT2D eigenvalue weighted by atomic mass is 35.5. The molecule has 1 N–H and O–H groups in total. The third-order valence-corrected chi connectivity index (χ3v) is 4.03. The Kier molecular flexibility index (Phi) is 5.52. The Bertz CT molecular complexity index is 516. The molecule has 0 amide bonds. The van der Waals surface area contributed by atoms with E-state index >= 15 is 0 Å². The predicted molar refractivity (Wildman–Crippen MR) is 81.8 cm³/mol. The number of thioether (sulfide) groups is 1. The van der Waals surface area contributed by atoms with Crippen LogP contribution in [0.1, 0.15) is 17.2 Å². The third-order valence-electron chi connectivity index (χ3n) is 2.55. The topological polar surface area (TPSA) is 33.1 Å². The molecule has 1 unspecified atom stereocenters. The number of benzene rings is 1. The first-order valence-corrected chi connectivity index (χ1v) is 7.69. The molecule has 19 heavy (non-hydrogen) atoms. The van der Waals surface area contributed by atoms with Crippen molar-refractivity contribution in [2.45, 2.75) is 11.9 Å². The van der Waals surface area contributed by atoms with Crippen LogP contribution in [0.5, 0.6) is 0 Å². The Morgan fingerprint density at radius 3 is 2.37 bits per heavy atom. The molecule has 1 aromatic carbocycles. The van der Waals surface area contributed by atoms with Gasteiger partial charge in [0.1, 0.15) is 10.3 Å². The average Bonchev–Trinajstić information content (AvgIpc) is 2.38. The van der Waals surface area contributed by atoms with Crippen molar-refractivity contribution in [3.63, 3.8) is 0 Å². The van der Waals surface area contributed by atoms with Crippen LogP contribution in [0.4, 0.5) is 0 Å². The number of halogens is 2. The predicted octanol–water partition coefficient (Wildman–Crippen LogP) is 4.36. The van der Waals surface area contributed by atoms with E-state index in [-0.39, 0.29) is 0 Å². The Labute approximate surface area is 126 Å². The first kappa shape index (κ1) is 14.7. The lowest BCUT2D eigenvalue weighted by Crippen LogP contribution is -2.00. The van der Waals surface area contributed by atoms with Gasteiger partial charge in [0.05, 0.1) is 6.10 Å². The maximum atomic E-state index is 10.0. The molecule has 1 aromatic heterocycles. The largest absolute Gasteiger partial charge is 0.388 e. The maximum Gasteiger partial charge on any atom is 0.131 e. The number of pyridine rings is 1. The molecule has 2 aromatic rings. The molecule has 1 heterocycles. The Hall–Kier alpha value is -0.740. The Balaban J connectivity index is 1.86. The fourth-order valence-corrected chi connectivity index (χ4v) is 3.10. The smallest absolute Gasteiger partial charge is 0.131 e. The summed E-state index contributed by atoms with van der Waals surface area (Å²) in [5.74, 6) is 1.37. The fourth-order valence-electron chi connectivity index (χ4n) is 1.66. The van der Waals surface area contributed by atoms with Gasteiger partial charge in [-0.1, -0.05) is 53.5 Å². The lowest BCUT2D eigenvalue weighted by Gasteiger charge is -2.10. The van der Waals surface area contributed by atoms with Crippen molar-refractivity contribution >= 4 is 35.0 Å². The highest BCUT2D eigenvalue weighted by molar-refractivity contribution is 7.98. The third kappa shape index (κ3) is 4.69. The van der Waals surface area contributed by atoms with E-state index in [0.717, 1.165) is 16.9 Å². The zero-order valence-electron chi connectivity index (χ0n) is 10.1. The highest BCUT2D eigenvalue weighted by Gasteiger charge is 2.07. The van der Waals surface area contributed by atoms with Gasteiger partial charge in [-0.05, 0) is 23.3 Å². The van der Waals surface area contributed by atoms with E-state index in [2.05, 4.69) is 4.98 Å². The number of hydrogen-bond donors (Lipinski definition) is 1. The van der Waals surface area contributed by atoms with E-state index < -0.39 is 6.10 Å². The van der Waals surface area contributed by atoms with Crippen LogP contribution >= 0.6 is 35.0 Å². The van der Waals surface area contributed by atoms with E-state index in [1.165, 1.54) is 0 Å². The monoisotopic (exact) mass is 313 g/mol. The number of aliphatic hydroxyl groups excluding tert-OH is 1. The molecular weight excluding hydrogens is 301 g/mol. The first-order valence-electron chi connectivity index (χ1n) is 5.78. The SMILES string of the molecule is OC(CSCc1cc(Cl)nc(Cl)c1)c1ccccc1. The summed E-state index contributed by atoms with van der Waals surface area (Å²) >= 11 is 13.3. The van der Waals surface area contributed by atoms with Gasteiger partial charge in [0.25, 0.3) is 0 Å². The van der Waals surface area contributed by atoms with Crippen LogP contribution in [0.2, 0.25) is 10.3 Å². The molecule has 0 aliphatic rings. The van der Waals surface area contributed by atoms with Crippen molar-refractivity contribution < 1.29 is 5.11 Å². The summed E-state index contributed by atoms with van der Waals surface area (Å²) < 4.78 is 0. The molecule has 0 fully saturated rings. The van der Waals surface area contributed by atoms with Crippen molar-refractivity contribution in [3.05, 3.63) is 63.9 Å². The quantitative estimate of drug-likeness (QED) is 0.833. The van der Waals surface area contributed by atoms with Crippen LogP contribution in [0.25, 0.3) is 0 Å². The maximum absolute atomic E-state index is 10.0. The van der Waals surface area contributed by atoms with Gasteiger partial charge in [-0.25, -0.2) is 4.98 Å². The van der Waals surface area contributed by atoms with E-state index in [9.17, 15) is 5.11 Å². The summed E-state index contributed by atoms with van der Waals surface area (Å²) in [5.41, 5.74) is 1.94. The van der Waals surface area contributed by atoms with E-state index in [4.69, 9.17) is 23.2 Å². The lowest BCUT2D eigenvalue weighted by atomic mass is 10.1. The number of hydrogen-bond acceptors (Lipinski definition) is 3. The molecule has 0 saturated carbocycles. The van der Waals surface area contributed by atoms with Crippen molar-refractivity contribution in [2.24, 2.45) is 0 Å². The van der Waals surface area contributed by atoms with Crippen LogP contribution in [0.15, 0.2) is 42.5 Å². The molecule has 0 saturated heterocycles. The molecule has 0 aliphatic carbocycles. The number of aromatic nitrogens is 1. The van der Waals surface area contributed by atoms with E-state index in [1.807, 2.05) is 30.3 Å². The standard InChI is InChI=1S/C14H13Cl2NOS/c15-13-6-10(7-14(16)17-13)8-19-9-12(18)11-4-2-1-3-5-11/h1-7,12,18H,8-9H2. The number of rotatable bonds is 5. The fraction of sp³-hybridized carbons (Fsp3) is 0.214. The normalized spacial score (nSPS) is 12.4. The summed E-state index contributed by atoms with van der Waals surface area (Å²) in [4.78, 5) is 3.90. The molecular formula is C14H13Cl2NOS. The van der Waals surface area contributed by atoms with Gasteiger partial charge in [0.2, 0.25) is 0 Å².